The Bertz CT molecular complexity index is 795. The van der Waals surface area contributed by atoms with Crippen LogP contribution < -0.4 is 5.32 Å². The van der Waals surface area contributed by atoms with Gasteiger partial charge in [0, 0.05) is 32.4 Å². The lowest BCUT2D eigenvalue weighted by Gasteiger charge is -2.42. The van der Waals surface area contributed by atoms with E-state index in [9.17, 15) is 14.4 Å². The van der Waals surface area contributed by atoms with E-state index in [4.69, 9.17) is 4.74 Å². The van der Waals surface area contributed by atoms with Gasteiger partial charge in [-0.2, -0.15) is 0 Å². The Balaban J connectivity index is 1.68. The summed E-state index contributed by atoms with van der Waals surface area (Å²) in [5.74, 6) is 0.00584. The van der Waals surface area contributed by atoms with Crippen LogP contribution in [0.1, 0.15) is 32.8 Å². The molecular formula is C23H34N4O4. The number of fused-ring (bicyclic) bond motifs is 1. The molecule has 1 aromatic carbocycles. The van der Waals surface area contributed by atoms with Crippen molar-refractivity contribution in [2.24, 2.45) is 5.92 Å². The zero-order valence-corrected chi connectivity index (χ0v) is 19.0. The van der Waals surface area contributed by atoms with Gasteiger partial charge in [0.15, 0.2) is 0 Å². The monoisotopic (exact) mass is 430 g/mol. The van der Waals surface area contributed by atoms with Crippen LogP contribution in [0.3, 0.4) is 0 Å². The van der Waals surface area contributed by atoms with Crippen molar-refractivity contribution in [1.29, 1.82) is 0 Å². The molecule has 31 heavy (non-hydrogen) atoms. The lowest BCUT2D eigenvalue weighted by atomic mass is 9.97. The molecule has 2 saturated heterocycles. The van der Waals surface area contributed by atoms with Crippen LogP contribution in [0.15, 0.2) is 24.3 Å². The molecule has 8 heteroatoms. The summed E-state index contributed by atoms with van der Waals surface area (Å²) in [6, 6.07) is 6.88. The number of methoxy groups -OCH3 is 1. The summed E-state index contributed by atoms with van der Waals surface area (Å²) in [7, 11) is 1.61. The van der Waals surface area contributed by atoms with Crippen molar-refractivity contribution in [3.63, 3.8) is 0 Å². The summed E-state index contributed by atoms with van der Waals surface area (Å²) >= 11 is 0. The summed E-state index contributed by atoms with van der Waals surface area (Å²) in [6.07, 6.45) is 1.54. The van der Waals surface area contributed by atoms with Gasteiger partial charge >= 0.3 is 6.03 Å². The first-order valence-corrected chi connectivity index (χ1v) is 11.1. The van der Waals surface area contributed by atoms with Crippen LogP contribution in [-0.2, 0) is 20.7 Å². The average Bonchev–Trinajstić information content (AvgIpc) is 3.04. The molecule has 2 aliphatic rings. The van der Waals surface area contributed by atoms with E-state index in [1.54, 1.807) is 21.8 Å². The van der Waals surface area contributed by atoms with Crippen molar-refractivity contribution < 1.29 is 19.1 Å². The first-order chi connectivity index (χ1) is 14.8. The second kappa shape index (κ2) is 10.1. The molecule has 1 aromatic rings. The third-order valence-electron chi connectivity index (χ3n) is 5.92. The second-order valence-corrected chi connectivity index (χ2v) is 8.75. The summed E-state index contributed by atoms with van der Waals surface area (Å²) in [6.45, 7) is 8.03. The summed E-state index contributed by atoms with van der Waals surface area (Å²) in [4.78, 5) is 43.8. The molecular weight excluding hydrogens is 396 g/mol. The number of rotatable bonds is 9. The molecule has 0 unspecified atom stereocenters. The van der Waals surface area contributed by atoms with Crippen LogP contribution in [0.2, 0.25) is 0 Å². The number of piperazine rings is 1. The molecule has 8 nitrogen and oxygen atoms in total. The number of carbonyl (C=O) groups is 3. The highest BCUT2D eigenvalue weighted by Crippen LogP contribution is 2.29. The molecule has 2 atom stereocenters. The molecule has 0 bridgehead atoms. The maximum atomic E-state index is 13.1. The first-order valence-electron chi connectivity index (χ1n) is 11.1. The van der Waals surface area contributed by atoms with Gasteiger partial charge in [-0.3, -0.25) is 9.59 Å². The van der Waals surface area contributed by atoms with Crippen LogP contribution in [0.5, 0.6) is 0 Å². The molecule has 0 saturated carbocycles. The quantitative estimate of drug-likeness (QED) is 0.651. The minimum Gasteiger partial charge on any atom is -0.383 e. The standard InChI is InChI=1S/C23H34N4O4/c1-5-17-6-8-18(9-7-17)24-21(28)15-26-14-19-13-25(10-11-31-4)22(29)20(12-16(2)3)27(19)23(26)30/h6-9,16,19-20H,5,10-15H2,1-4H3,(H,24,28)/t19-,20+/m1/s1. The number of hydrogen-bond donors (Lipinski definition) is 1. The van der Waals surface area contributed by atoms with Gasteiger partial charge in [0.05, 0.1) is 12.6 Å². The third-order valence-corrected chi connectivity index (χ3v) is 5.92. The number of anilines is 1. The molecule has 2 fully saturated rings. The summed E-state index contributed by atoms with van der Waals surface area (Å²) < 4.78 is 5.15. The van der Waals surface area contributed by atoms with Gasteiger partial charge in [0.25, 0.3) is 0 Å². The Morgan fingerprint density at radius 2 is 1.84 bits per heavy atom. The van der Waals surface area contributed by atoms with Gasteiger partial charge in [0.2, 0.25) is 11.8 Å². The predicted octanol–water partition coefficient (Wildman–Crippen LogP) is 2.20. The van der Waals surface area contributed by atoms with E-state index < -0.39 is 6.04 Å². The maximum absolute atomic E-state index is 13.1. The van der Waals surface area contributed by atoms with E-state index in [0.717, 1.165) is 6.42 Å². The molecule has 2 aliphatic heterocycles. The normalized spacial score (nSPS) is 21.1. The number of urea groups is 1. The van der Waals surface area contributed by atoms with Crippen molar-refractivity contribution in [3.8, 4) is 0 Å². The SMILES string of the molecule is CCc1ccc(NC(=O)CN2C[C@H]3CN(CCOC)C(=O)[C@H](CC(C)C)N3C2=O)cc1. The van der Waals surface area contributed by atoms with E-state index in [1.165, 1.54) is 5.56 Å². The van der Waals surface area contributed by atoms with Gasteiger partial charge in [-0.15, -0.1) is 0 Å². The number of hydrogen-bond acceptors (Lipinski definition) is 4. The highest BCUT2D eigenvalue weighted by molar-refractivity contribution is 5.96. The van der Waals surface area contributed by atoms with Gasteiger partial charge in [-0.05, 0) is 36.5 Å². The van der Waals surface area contributed by atoms with Crippen LogP contribution in [0.4, 0.5) is 10.5 Å². The summed E-state index contributed by atoms with van der Waals surface area (Å²) in [5, 5.41) is 2.87. The van der Waals surface area contributed by atoms with Crippen molar-refractivity contribution in [2.75, 3.05) is 45.2 Å². The Morgan fingerprint density at radius 1 is 1.16 bits per heavy atom. The first kappa shape index (κ1) is 23.1. The number of benzene rings is 1. The summed E-state index contributed by atoms with van der Waals surface area (Å²) in [5.41, 5.74) is 1.91. The zero-order chi connectivity index (χ0) is 22.5. The third kappa shape index (κ3) is 5.36. The Morgan fingerprint density at radius 3 is 2.45 bits per heavy atom. The lowest BCUT2D eigenvalue weighted by Crippen LogP contribution is -2.61. The second-order valence-electron chi connectivity index (χ2n) is 8.75. The highest BCUT2D eigenvalue weighted by atomic mass is 16.5. The van der Waals surface area contributed by atoms with E-state index >= 15 is 0 Å². The minimum atomic E-state index is -0.488. The van der Waals surface area contributed by atoms with Crippen molar-refractivity contribution in [1.82, 2.24) is 14.7 Å². The molecule has 170 valence electrons. The number of carbonyl (C=O) groups excluding carboxylic acids is 3. The number of ether oxygens (including phenoxy) is 1. The molecule has 0 spiro atoms. The Labute approximate surface area is 184 Å². The van der Waals surface area contributed by atoms with Gasteiger partial charge in [-0.25, -0.2) is 4.79 Å². The molecule has 2 heterocycles. The largest absolute Gasteiger partial charge is 0.383 e. The molecule has 1 N–H and O–H groups in total. The highest BCUT2D eigenvalue weighted by Gasteiger charge is 2.49. The predicted molar refractivity (Wildman–Crippen MR) is 119 cm³/mol. The fourth-order valence-corrected chi connectivity index (χ4v) is 4.34. The number of aryl methyl sites for hydroxylation is 1. The molecule has 0 radical (unpaired) electrons. The van der Waals surface area contributed by atoms with E-state index in [-0.39, 0.29) is 36.3 Å². The Hall–Kier alpha value is -2.61. The smallest absolute Gasteiger partial charge is 0.321 e. The van der Waals surface area contributed by atoms with Crippen LogP contribution in [0, 0.1) is 5.92 Å². The lowest BCUT2D eigenvalue weighted by molar-refractivity contribution is -0.143. The molecule has 3 rings (SSSR count). The molecule has 0 aromatic heterocycles. The van der Waals surface area contributed by atoms with Crippen molar-refractivity contribution in [2.45, 2.75) is 45.7 Å². The maximum Gasteiger partial charge on any atom is 0.321 e. The van der Waals surface area contributed by atoms with Gasteiger partial charge in [-0.1, -0.05) is 32.9 Å². The number of nitrogens with zero attached hydrogens (tertiary/aromatic N) is 3. The van der Waals surface area contributed by atoms with Crippen LogP contribution >= 0.6 is 0 Å². The fraction of sp³-hybridized carbons (Fsp3) is 0.609. The van der Waals surface area contributed by atoms with Crippen molar-refractivity contribution >= 4 is 23.5 Å². The molecule has 0 aliphatic carbocycles. The van der Waals surface area contributed by atoms with E-state index in [2.05, 4.69) is 12.2 Å². The van der Waals surface area contributed by atoms with Crippen molar-refractivity contribution in [3.05, 3.63) is 29.8 Å². The van der Waals surface area contributed by atoms with E-state index in [0.29, 0.717) is 38.3 Å². The number of nitrogens with one attached hydrogen (secondary N) is 1. The van der Waals surface area contributed by atoms with Gasteiger partial charge in [0.1, 0.15) is 12.6 Å². The van der Waals surface area contributed by atoms with Crippen LogP contribution in [-0.4, -0.2) is 84.5 Å². The minimum absolute atomic E-state index is 0.0258. The topological polar surface area (TPSA) is 82.2 Å². The fourth-order valence-electron chi connectivity index (χ4n) is 4.34. The average molecular weight is 431 g/mol. The zero-order valence-electron chi connectivity index (χ0n) is 19.0. The number of amides is 4. The van der Waals surface area contributed by atoms with Gasteiger partial charge < -0.3 is 24.8 Å². The Kier molecular flexibility index (Phi) is 7.54. The molecule has 4 amide bonds. The van der Waals surface area contributed by atoms with E-state index in [1.807, 2.05) is 38.1 Å². The van der Waals surface area contributed by atoms with Crippen LogP contribution in [0.25, 0.3) is 0 Å².